The smallest absolute Gasteiger partial charge is 0.264 e. The average Bonchev–Trinajstić information content (AvgIpc) is 2.61. The van der Waals surface area contributed by atoms with Crippen LogP contribution in [0, 0.1) is 0 Å². The lowest BCUT2D eigenvalue weighted by Gasteiger charge is -2.11. The first-order valence-corrected chi connectivity index (χ1v) is 5.54. The lowest BCUT2D eigenvalue weighted by molar-refractivity contribution is 0.731. The van der Waals surface area contributed by atoms with E-state index in [4.69, 9.17) is 11.6 Å². The molecular formula is C12H13ClN2O. The molecule has 0 aliphatic carbocycles. The van der Waals surface area contributed by atoms with E-state index in [1.807, 2.05) is 32.0 Å². The van der Waals surface area contributed by atoms with Gasteiger partial charge in [0.2, 0.25) is 0 Å². The molecule has 0 amide bonds. The van der Waals surface area contributed by atoms with Crippen molar-refractivity contribution < 1.29 is 0 Å². The van der Waals surface area contributed by atoms with E-state index in [2.05, 4.69) is 5.10 Å². The predicted octanol–water partition coefficient (Wildman–Crippen LogP) is 2.94. The van der Waals surface area contributed by atoms with Gasteiger partial charge in [0.25, 0.3) is 5.56 Å². The van der Waals surface area contributed by atoms with Crippen molar-refractivity contribution in [1.29, 1.82) is 0 Å². The number of halogens is 1. The van der Waals surface area contributed by atoms with Gasteiger partial charge in [-0.2, -0.15) is 0 Å². The van der Waals surface area contributed by atoms with E-state index in [9.17, 15) is 4.79 Å². The van der Waals surface area contributed by atoms with Crippen LogP contribution in [0.2, 0.25) is 5.02 Å². The summed E-state index contributed by atoms with van der Waals surface area (Å²) in [5.74, 6) is 0.259. The van der Waals surface area contributed by atoms with Crippen molar-refractivity contribution in [2.45, 2.75) is 19.8 Å². The number of rotatable bonds is 2. The molecule has 84 valence electrons. The Bertz CT molecular complexity index is 554. The van der Waals surface area contributed by atoms with Crippen LogP contribution in [0.1, 0.15) is 25.5 Å². The van der Waals surface area contributed by atoms with Gasteiger partial charge < -0.3 is 0 Å². The van der Waals surface area contributed by atoms with Crippen LogP contribution < -0.4 is 5.56 Å². The maximum atomic E-state index is 11.4. The molecule has 0 radical (unpaired) electrons. The van der Waals surface area contributed by atoms with Gasteiger partial charge in [-0.05, 0) is 18.1 Å². The molecule has 1 N–H and O–H groups in total. The SMILES string of the molecule is CC(C)c1cc(=O)[nH]n1-c1ccccc1Cl. The van der Waals surface area contributed by atoms with Crippen LogP contribution in [0.5, 0.6) is 0 Å². The van der Waals surface area contributed by atoms with Gasteiger partial charge in [0.15, 0.2) is 0 Å². The minimum atomic E-state index is -0.108. The maximum Gasteiger partial charge on any atom is 0.264 e. The molecule has 1 aromatic carbocycles. The monoisotopic (exact) mass is 236 g/mol. The van der Waals surface area contributed by atoms with Crippen molar-refractivity contribution in [2.24, 2.45) is 0 Å². The fourth-order valence-corrected chi connectivity index (χ4v) is 1.88. The zero-order chi connectivity index (χ0) is 11.7. The van der Waals surface area contributed by atoms with E-state index in [1.54, 1.807) is 16.8 Å². The molecule has 0 unspecified atom stereocenters. The van der Waals surface area contributed by atoms with Gasteiger partial charge in [-0.1, -0.05) is 37.6 Å². The third-order valence-electron chi connectivity index (χ3n) is 2.44. The predicted molar refractivity (Wildman–Crippen MR) is 65.5 cm³/mol. The highest BCUT2D eigenvalue weighted by molar-refractivity contribution is 6.32. The maximum absolute atomic E-state index is 11.4. The molecule has 1 heterocycles. The minimum absolute atomic E-state index is 0.108. The molecule has 16 heavy (non-hydrogen) atoms. The lowest BCUT2D eigenvalue weighted by atomic mass is 10.1. The number of hydrogen-bond acceptors (Lipinski definition) is 1. The number of H-pyrrole nitrogens is 1. The molecule has 0 spiro atoms. The van der Waals surface area contributed by atoms with Crippen LogP contribution in [-0.4, -0.2) is 9.78 Å². The highest BCUT2D eigenvalue weighted by atomic mass is 35.5. The minimum Gasteiger partial charge on any atom is -0.268 e. The molecule has 0 aliphatic heterocycles. The van der Waals surface area contributed by atoms with Crippen molar-refractivity contribution in [3.63, 3.8) is 0 Å². The second-order valence-corrected chi connectivity index (χ2v) is 4.39. The number of aromatic nitrogens is 2. The summed E-state index contributed by atoms with van der Waals surface area (Å²) >= 11 is 6.10. The topological polar surface area (TPSA) is 37.8 Å². The Labute approximate surface area is 98.7 Å². The van der Waals surface area contributed by atoms with E-state index in [0.29, 0.717) is 5.02 Å². The molecule has 4 heteroatoms. The molecule has 1 aromatic heterocycles. The van der Waals surface area contributed by atoms with Crippen molar-refractivity contribution in [1.82, 2.24) is 9.78 Å². The van der Waals surface area contributed by atoms with Crippen LogP contribution in [0.15, 0.2) is 35.1 Å². The highest BCUT2D eigenvalue weighted by Crippen LogP contribution is 2.22. The Morgan fingerprint density at radius 2 is 2.00 bits per heavy atom. The normalized spacial score (nSPS) is 11.0. The van der Waals surface area contributed by atoms with Crippen LogP contribution in [0.4, 0.5) is 0 Å². The second-order valence-electron chi connectivity index (χ2n) is 3.99. The number of para-hydroxylation sites is 1. The summed E-state index contributed by atoms with van der Waals surface area (Å²) < 4.78 is 1.75. The standard InChI is InChI=1S/C12H13ClN2O/c1-8(2)11-7-12(16)14-15(11)10-6-4-3-5-9(10)13/h3-8H,1-2H3,(H,14,16). The Morgan fingerprint density at radius 3 is 2.62 bits per heavy atom. The van der Waals surface area contributed by atoms with Crippen LogP contribution in [-0.2, 0) is 0 Å². The van der Waals surface area contributed by atoms with E-state index in [-0.39, 0.29) is 11.5 Å². The van der Waals surface area contributed by atoms with E-state index in [0.717, 1.165) is 11.4 Å². The number of hydrogen-bond donors (Lipinski definition) is 1. The van der Waals surface area contributed by atoms with Crippen molar-refractivity contribution in [2.75, 3.05) is 0 Å². The molecule has 0 atom stereocenters. The summed E-state index contributed by atoms with van der Waals surface area (Å²) in [7, 11) is 0. The number of benzene rings is 1. The number of nitrogens with one attached hydrogen (secondary N) is 1. The Kier molecular flexibility index (Phi) is 2.88. The summed E-state index contributed by atoms with van der Waals surface area (Å²) in [5.41, 5.74) is 1.62. The van der Waals surface area contributed by atoms with E-state index in [1.165, 1.54) is 0 Å². The van der Waals surface area contributed by atoms with Gasteiger partial charge in [-0.3, -0.25) is 14.6 Å². The largest absolute Gasteiger partial charge is 0.268 e. The molecule has 0 fully saturated rings. The number of nitrogens with zero attached hydrogens (tertiary/aromatic N) is 1. The van der Waals surface area contributed by atoms with Crippen molar-refractivity contribution in [3.05, 3.63) is 51.4 Å². The molecule has 0 aliphatic rings. The van der Waals surface area contributed by atoms with Crippen LogP contribution in [0.25, 0.3) is 5.69 Å². The van der Waals surface area contributed by atoms with E-state index >= 15 is 0 Å². The molecule has 0 saturated carbocycles. The third kappa shape index (κ3) is 1.91. The van der Waals surface area contributed by atoms with Gasteiger partial charge in [-0.25, -0.2) is 0 Å². The van der Waals surface area contributed by atoms with Gasteiger partial charge in [0, 0.05) is 11.8 Å². The number of aromatic amines is 1. The summed E-state index contributed by atoms with van der Waals surface area (Å²) in [6.45, 7) is 4.08. The third-order valence-corrected chi connectivity index (χ3v) is 2.76. The molecule has 0 saturated heterocycles. The average molecular weight is 237 g/mol. The highest BCUT2D eigenvalue weighted by Gasteiger charge is 2.11. The van der Waals surface area contributed by atoms with Crippen molar-refractivity contribution in [3.8, 4) is 5.69 Å². The fraction of sp³-hybridized carbons (Fsp3) is 0.250. The first kappa shape index (κ1) is 11.0. The van der Waals surface area contributed by atoms with Crippen molar-refractivity contribution >= 4 is 11.6 Å². The summed E-state index contributed by atoms with van der Waals surface area (Å²) in [6, 6.07) is 9.05. The fourth-order valence-electron chi connectivity index (χ4n) is 1.66. The zero-order valence-electron chi connectivity index (χ0n) is 9.20. The molecule has 0 bridgehead atoms. The summed E-state index contributed by atoms with van der Waals surface area (Å²) in [6.07, 6.45) is 0. The molecule has 3 nitrogen and oxygen atoms in total. The zero-order valence-corrected chi connectivity index (χ0v) is 9.95. The van der Waals surface area contributed by atoms with Gasteiger partial charge in [0.1, 0.15) is 0 Å². The first-order chi connectivity index (χ1) is 7.59. The van der Waals surface area contributed by atoms with Crippen LogP contribution >= 0.6 is 11.6 Å². The van der Waals surface area contributed by atoms with Crippen LogP contribution in [0.3, 0.4) is 0 Å². The Hall–Kier alpha value is -1.48. The van der Waals surface area contributed by atoms with Gasteiger partial charge >= 0.3 is 0 Å². The van der Waals surface area contributed by atoms with E-state index < -0.39 is 0 Å². The van der Waals surface area contributed by atoms with Gasteiger partial charge in [-0.15, -0.1) is 0 Å². The Balaban J connectivity index is 2.64. The second kappa shape index (κ2) is 4.18. The summed E-state index contributed by atoms with van der Waals surface area (Å²) in [5, 5.41) is 3.38. The quantitative estimate of drug-likeness (QED) is 0.855. The summed E-state index contributed by atoms with van der Waals surface area (Å²) in [4.78, 5) is 11.4. The lowest BCUT2D eigenvalue weighted by Crippen LogP contribution is -2.06. The Morgan fingerprint density at radius 1 is 1.31 bits per heavy atom. The molecule has 2 aromatic rings. The molecular weight excluding hydrogens is 224 g/mol. The molecule has 2 rings (SSSR count). The van der Waals surface area contributed by atoms with Gasteiger partial charge in [0.05, 0.1) is 10.7 Å². The first-order valence-electron chi connectivity index (χ1n) is 5.16.